The molecule has 0 saturated heterocycles. The molecule has 0 bridgehead atoms. The highest BCUT2D eigenvalue weighted by molar-refractivity contribution is 5.83. The van der Waals surface area contributed by atoms with Gasteiger partial charge in [0.1, 0.15) is 11.2 Å². The minimum atomic E-state index is -1.17. The van der Waals surface area contributed by atoms with E-state index in [0.717, 1.165) is 11.1 Å². The summed E-state index contributed by atoms with van der Waals surface area (Å²) in [6.45, 7) is 0. The number of carboxylic acids is 1. The quantitative estimate of drug-likeness (QED) is 0.709. The van der Waals surface area contributed by atoms with Gasteiger partial charge < -0.3 is 9.84 Å². The molecule has 0 aliphatic rings. The van der Waals surface area contributed by atoms with Gasteiger partial charge in [-0.1, -0.05) is 18.2 Å². The Labute approximate surface area is 152 Å². The van der Waals surface area contributed by atoms with Gasteiger partial charge in [-0.25, -0.2) is 0 Å². The van der Waals surface area contributed by atoms with Crippen LogP contribution >= 0.6 is 0 Å². The molecular formula is C21H20N2O3. The SMILES string of the molecule is COc1ccccc1C(Cc1ccncc1)(Cc1ccncc1)C(=O)O. The van der Waals surface area contributed by atoms with Gasteiger partial charge in [0.05, 0.1) is 7.11 Å². The molecule has 1 aromatic carbocycles. The van der Waals surface area contributed by atoms with Crippen molar-refractivity contribution in [2.45, 2.75) is 18.3 Å². The average molecular weight is 348 g/mol. The number of hydrogen-bond donors (Lipinski definition) is 1. The lowest BCUT2D eigenvalue weighted by Crippen LogP contribution is -2.40. The molecule has 26 heavy (non-hydrogen) atoms. The van der Waals surface area contributed by atoms with Crippen molar-refractivity contribution in [3.63, 3.8) is 0 Å². The van der Waals surface area contributed by atoms with E-state index >= 15 is 0 Å². The van der Waals surface area contributed by atoms with E-state index in [0.29, 0.717) is 24.2 Å². The first-order valence-corrected chi connectivity index (χ1v) is 8.30. The number of aliphatic carboxylic acids is 1. The van der Waals surface area contributed by atoms with Crippen molar-refractivity contribution >= 4 is 5.97 Å². The van der Waals surface area contributed by atoms with Gasteiger partial charge in [0, 0.05) is 30.4 Å². The number of pyridine rings is 2. The van der Waals surface area contributed by atoms with Gasteiger partial charge in [-0.2, -0.15) is 0 Å². The molecule has 0 unspecified atom stereocenters. The fourth-order valence-electron chi connectivity index (χ4n) is 3.26. The molecule has 2 aromatic heterocycles. The normalized spacial score (nSPS) is 11.1. The van der Waals surface area contributed by atoms with Crippen molar-refractivity contribution in [2.24, 2.45) is 0 Å². The number of hydrogen-bond acceptors (Lipinski definition) is 4. The molecule has 0 amide bonds. The molecule has 0 saturated carbocycles. The molecule has 3 rings (SSSR count). The predicted molar refractivity (Wildman–Crippen MR) is 98.2 cm³/mol. The van der Waals surface area contributed by atoms with Crippen LogP contribution < -0.4 is 4.74 Å². The van der Waals surface area contributed by atoms with Crippen molar-refractivity contribution in [3.8, 4) is 5.75 Å². The van der Waals surface area contributed by atoms with Crippen LogP contribution in [0.1, 0.15) is 16.7 Å². The number of ether oxygens (including phenoxy) is 1. The molecule has 0 fully saturated rings. The van der Waals surface area contributed by atoms with Crippen molar-refractivity contribution in [3.05, 3.63) is 90.0 Å². The zero-order chi connectivity index (χ0) is 18.4. The molecule has 0 radical (unpaired) electrons. The fraction of sp³-hybridized carbons (Fsp3) is 0.190. The predicted octanol–water partition coefficient (Wildman–Crippen LogP) is 3.29. The van der Waals surface area contributed by atoms with Crippen LogP contribution in [0.3, 0.4) is 0 Å². The molecule has 2 heterocycles. The van der Waals surface area contributed by atoms with E-state index in [2.05, 4.69) is 9.97 Å². The van der Waals surface area contributed by atoms with Gasteiger partial charge in [0.2, 0.25) is 0 Å². The second-order valence-corrected chi connectivity index (χ2v) is 6.15. The number of aromatic nitrogens is 2. The topological polar surface area (TPSA) is 72.3 Å². The second-order valence-electron chi connectivity index (χ2n) is 6.15. The first-order chi connectivity index (χ1) is 12.7. The van der Waals surface area contributed by atoms with E-state index < -0.39 is 11.4 Å². The minimum Gasteiger partial charge on any atom is -0.496 e. The Balaban J connectivity index is 2.16. The summed E-state index contributed by atoms with van der Waals surface area (Å²) >= 11 is 0. The van der Waals surface area contributed by atoms with Crippen LogP contribution in [0.15, 0.2) is 73.3 Å². The van der Waals surface area contributed by atoms with Crippen molar-refractivity contribution in [2.75, 3.05) is 7.11 Å². The number of para-hydroxylation sites is 1. The van der Waals surface area contributed by atoms with Crippen LogP contribution in [0.5, 0.6) is 5.75 Å². The summed E-state index contributed by atoms with van der Waals surface area (Å²) in [5.41, 5.74) is 1.29. The van der Waals surface area contributed by atoms with Gasteiger partial charge >= 0.3 is 5.97 Å². The highest BCUT2D eigenvalue weighted by Gasteiger charge is 2.42. The number of methoxy groups -OCH3 is 1. The standard InChI is InChI=1S/C21H20N2O3/c1-26-19-5-3-2-4-18(19)21(20(24)25,14-16-6-10-22-11-7-16)15-17-8-12-23-13-9-17/h2-13H,14-15H2,1H3,(H,24,25). The summed E-state index contributed by atoms with van der Waals surface area (Å²) in [6, 6.07) is 14.7. The highest BCUT2D eigenvalue weighted by Crippen LogP contribution is 2.38. The van der Waals surface area contributed by atoms with Gasteiger partial charge in [0.15, 0.2) is 0 Å². The number of carbonyl (C=O) groups is 1. The number of rotatable bonds is 7. The average Bonchev–Trinajstić information content (AvgIpc) is 2.69. The summed E-state index contributed by atoms with van der Waals surface area (Å²) in [6.07, 6.45) is 7.36. The number of carboxylic acid groups (broad SMARTS) is 1. The third kappa shape index (κ3) is 3.57. The third-order valence-electron chi connectivity index (χ3n) is 4.54. The Bertz CT molecular complexity index is 825. The van der Waals surface area contributed by atoms with Crippen molar-refractivity contribution < 1.29 is 14.6 Å². The van der Waals surface area contributed by atoms with Crippen LogP contribution in [-0.2, 0) is 23.1 Å². The smallest absolute Gasteiger partial charge is 0.314 e. The summed E-state index contributed by atoms with van der Waals surface area (Å²) < 4.78 is 5.49. The minimum absolute atomic E-state index is 0.327. The van der Waals surface area contributed by atoms with E-state index in [1.807, 2.05) is 42.5 Å². The Morgan fingerprint density at radius 2 is 1.42 bits per heavy atom. The van der Waals surface area contributed by atoms with E-state index in [1.165, 1.54) is 0 Å². The second kappa shape index (κ2) is 7.78. The Morgan fingerprint density at radius 3 is 1.88 bits per heavy atom. The maximum atomic E-state index is 12.6. The van der Waals surface area contributed by atoms with Gasteiger partial charge in [-0.05, 0) is 54.3 Å². The van der Waals surface area contributed by atoms with E-state index in [9.17, 15) is 9.90 Å². The molecule has 5 heteroatoms. The Hall–Kier alpha value is -3.21. The lowest BCUT2D eigenvalue weighted by atomic mass is 9.71. The maximum Gasteiger partial charge on any atom is 0.314 e. The molecule has 0 atom stereocenters. The summed E-state index contributed by atoms with van der Waals surface area (Å²) in [5, 5.41) is 10.3. The van der Waals surface area contributed by atoms with Crippen LogP contribution in [0.2, 0.25) is 0 Å². The van der Waals surface area contributed by atoms with E-state index in [-0.39, 0.29) is 0 Å². The van der Waals surface area contributed by atoms with Crippen molar-refractivity contribution in [1.29, 1.82) is 0 Å². The zero-order valence-electron chi connectivity index (χ0n) is 14.5. The van der Waals surface area contributed by atoms with Gasteiger partial charge in [0.25, 0.3) is 0 Å². The lowest BCUT2D eigenvalue weighted by molar-refractivity contribution is -0.144. The first kappa shape index (κ1) is 17.6. The van der Waals surface area contributed by atoms with Crippen LogP contribution in [0.4, 0.5) is 0 Å². The first-order valence-electron chi connectivity index (χ1n) is 8.30. The molecule has 132 valence electrons. The summed E-state index contributed by atoms with van der Waals surface area (Å²) in [4.78, 5) is 20.7. The number of nitrogens with zero attached hydrogens (tertiary/aromatic N) is 2. The summed E-state index contributed by atoms with van der Waals surface area (Å²) in [7, 11) is 1.56. The van der Waals surface area contributed by atoms with Crippen LogP contribution in [-0.4, -0.2) is 28.2 Å². The maximum absolute atomic E-state index is 12.6. The fourth-order valence-corrected chi connectivity index (χ4v) is 3.26. The molecule has 3 aromatic rings. The molecule has 5 nitrogen and oxygen atoms in total. The van der Waals surface area contributed by atoms with Gasteiger partial charge in [-0.15, -0.1) is 0 Å². The Morgan fingerprint density at radius 1 is 0.923 bits per heavy atom. The van der Waals surface area contributed by atoms with Crippen LogP contribution in [0, 0.1) is 0 Å². The summed E-state index contributed by atoms with van der Waals surface area (Å²) in [5.74, 6) is -0.325. The monoisotopic (exact) mass is 348 g/mol. The highest BCUT2D eigenvalue weighted by atomic mass is 16.5. The largest absolute Gasteiger partial charge is 0.496 e. The van der Waals surface area contributed by atoms with Gasteiger partial charge in [-0.3, -0.25) is 14.8 Å². The van der Waals surface area contributed by atoms with E-state index in [1.54, 1.807) is 38.0 Å². The molecule has 0 aliphatic carbocycles. The molecule has 0 aliphatic heterocycles. The molecular weight excluding hydrogens is 328 g/mol. The van der Waals surface area contributed by atoms with Crippen LogP contribution in [0.25, 0.3) is 0 Å². The zero-order valence-corrected chi connectivity index (χ0v) is 14.5. The lowest BCUT2D eigenvalue weighted by Gasteiger charge is -2.31. The Kier molecular flexibility index (Phi) is 5.27. The molecule has 1 N–H and O–H groups in total. The third-order valence-corrected chi connectivity index (χ3v) is 4.54. The molecule has 0 spiro atoms. The number of benzene rings is 1. The van der Waals surface area contributed by atoms with Crippen molar-refractivity contribution in [1.82, 2.24) is 9.97 Å². The van der Waals surface area contributed by atoms with E-state index in [4.69, 9.17) is 4.74 Å².